The van der Waals surface area contributed by atoms with Crippen LogP contribution in [-0.4, -0.2) is 25.2 Å². The molecule has 0 radical (unpaired) electrons. The lowest BCUT2D eigenvalue weighted by atomic mass is 10.0. The molecule has 1 unspecified atom stereocenters. The van der Waals surface area contributed by atoms with Crippen molar-refractivity contribution in [2.45, 2.75) is 46.1 Å². The highest BCUT2D eigenvalue weighted by Crippen LogP contribution is 2.26. The SMILES string of the molecule is COCCNC(CC(C)C)c1nc(C(C)C)cs1. The van der Waals surface area contributed by atoms with E-state index >= 15 is 0 Å². The average molecular weight is 270 g/mol. The fourth-order valence-electron chi connectivity index (χ4n) is 1.80. The second-order valence-corrected chi connectivity index (χ2v) is 6.28. The molecule has 0 aliphatic heterocycles. The molecule has 0 fully saturated rings. The highest BCUT2D eigenvalue weighted by molar-refractivity contribution is 7.09. The first kappa shape index (κ1) is 15.6. The van der Waals surface area contributed by atoms with Crippen LogP contribution in [0.25, 0.3) is 0 Å². The fourth-order valence-corrected chi connectivity index (χ4v) is 2.87. The van der Waals surface area contributed by atoms with Crippen molar-refractivity contribution in [2.75, 3.05) is 20.3 Å². The largest absolute Gasteiger partial charge is 0.383 e. The molecule has 0 aliphatic carbocycles. The zero-order valence-corrected chi connectivity index (χ0v) is 13.0. The quantitative estimate of drug-likeness (QED) is 0.733. The first-order valence-corrected chi connectivity index (χ1v) is 7.60. The molecule has 0 aromatic carbocycles. The Morgan fingerprint density at radius 3 is 2.56 bits per heavy atom. The van der Waals surface area contributed by atoms with Crippen LogP contribution < -0.4 is 5.32 Å². The van der Waals surface area contributed by atoms with E-state index in [0.717, 1.165) is 19.6 Å². The van der Waals surface area contributed by atoms with Crippen molar-refractivity contribution in [3.05, 3.63) is 16.1 Å². The minimum absolute atomic E-state index is 0.359. The Bertz CT molecular complexity index is 336. The number of rotatable bonds is 8. The van der Waals surface area contributed by atoms with Gasteiger partial charge < -0.3 is 10.1 Å². The van der Waals surface area contributed by atoms with E-state index in [4.69, 9.17) is 9.72 Å². The number of hydrogen-bond acceptors (Lipinski definition) is 4. The van der Waals surface area contributed by atoms with Gasteiger partial charge in [-0.25, -0.2) is 4.98 Å². The van der Waals surface area contributed by atoms with E-state index in [1.807, 2.05) is 0 Å². The lowest BCUT2D eigenvalue weighted by molar-refractivity contribution is 0.194. The van der Waals surface area contributed by atoms with Crippen molar-refractivity contribution in [1.29, 1.82) is 0 Å². The Morgan fingerprint density at radius 2 is 2.06 bits per heavy atom. The molecule has 3 nitrogen and oxygen atoms in total. The number of thiazole rings is 1. The van der Waals surface area contributed by atoms with E-state index in [1.165, 1.54) is 10.7 Å². The first-order chi connectivity index (χ1) is 8.54. The molecule has 0 spiro atoms. The monoisotopic (exact) mass is 270 g/mol. The first-order valence-electron chi connectivity index (χ1n) is 6.72. The second-order valence-electron chi connectivity index (χ2n) is 5.39. The maximum atomic E-state index is 5.10. The van der Waals surface area contributed by atoms with Crippen LogP contribution in [0, 0.1) is 5.92 Å². The number of nitrogens with one attached hydrogen (secondary N) is 1. The van der Waals surface area contributed by atoms with Gasteiger partial charge in [0.25, 0.3) is 0 Å². The molecule has 4 heteroatoms. The Labute approximate surface area is 115 Å². The predicted molar refractivity (Wildman–Crippen MR) is 78.3 cm³/mol. The van der Waals surface area contributed by atoms with E-state index in [1.54, 1.807) is 18.4 Å². The van der Waals surface area contributed by atoms with E-state index in [-0.39, 0.29) is 0 Å². The normalized spacial score (nSPS) is 13.5. The molecule has 0 amide bonds. The van der Waals surface area contributed by atoms with E-state index < -0.39 is 0 Å². The molecule has 104 valence electrons. The Morgan fingerprint density at radius 1 is 1.33 bits per heavy atom. The number of ether oxygens (including phenoxy) is 1. The van der Waals surface area contributed by atoms with Crippen molar-refractivity contribution in [2.24, 2.45) is 5.92 Å². The minimum Gasteiger partial charge on any atom is -0.383 e. The number of hydrogen-bond donors (Lipinski definition) is 1. The molecule has 0 saturated carbocycles. The van der Waals surface area contributed by atoms with E-state index in [0.29, 0.717) is 17.9 Å². The highest BCUT2D eigenvalue weighted by Gasteiger charge is 2.17. The van der Waals surface area contributed by atoms with Crippen LogP contribution in [0.15, 0.2) is 5.38 Å². The van der Waals surface area contributed by atoms with Gasteiger partial charge >= 0.3 is 0 Å². The summed E-state index contributed by atoms with van der Waals surface area (Å²) in [5, 5.41) is 6.94. The van der Waals surface area contributed by atoms with Gasteiger partial charge in [0, 0.05) is 19.0 Å². The summed E-state index contributed by atoms with van der Waals surface area (Å²) in [7, 11) is 1.74. The van der Waals surface area contributed by atoms with E-state index in [2.05, 4.69) is 38.4 Å². The number of aromatic nitrogens is 1. The summed E-state index contributed by atoms with van der Waals surface area (Å²) in [5.41, 5.74) is 1.21. The molecular weight excluding hydrogens is 244 g/mol. The standard InChI is InChI=1S/C14H26N2OS/c1-10(2)8-12(15-6-7-17-5)14-16-13(9-18-14)11(3)4/h9-12,15H,6-8H2,1-5H3. The van der Waals surface area contributed by atoms with Crippen LogP contribution in [-0.2, 0) is 4.74 Å². The van der Waals surface area contributed by atoms with Gasteiger partial charge in [-0.05, 0) is 18.3 Å². The summed E-state index contributed by atoms with van der Waals surface area (Å²) in [5.74, 6) is 1.17. The predicted octanol–water partition coefficient (Wildman–Crippen LogP) is 3.59. The highest BCUT2D eigenvalue weighted by atomic mass is 32.1. The van der Waals surface area contributed by atoms with Crippen molar-refractivity contribution in [3.63, 3.8) is 0 Å². The van der Waals surface area contributed by atoms with Gasteiger partial charge in [-0.3, -0.25) is 0 Å². The molecule has 1 aromatic heterocycles. The molecule has 0 saturated heterocycles. The average Bonchev–Trinajstić information content (AvgIpc) is 2.76. The smallest absolute Gasteiger partial charge is 0.110 e. The summed E-state index contributed by atoms with van der Waals surface area (Å²) < 4.78 is 5.10. The molecule has 0 aliphatic rings. The summed E-state index contributed by atoms with van der Waals surface area (Å²) in [6.07, 6.45) is 1.12. The summed E-state index contributed by atoms with van der Waals surface area (Å²) >= 11 is 1.77. The zero-order chi connectivity index (χ0) is 13.5. The maximum absolute atomic E-state index is 5.10. The Balaban J connectivity index is 2.67. The van der Waals surface area contributed by atoms with Crippen molar-refractivity contribution >= 4 is 11.3 Å². The van der Waals surface area contributed by atoms with Gasteiger partial charge in [-0.15, -0.1) is 11.3 Å². The van der Waals surface area contributed by atoms with Gasteiger partial charge in [0.05, 0.1) is 18.3 Å². The zero-order valence-electron chi connectivity index (χ0n) is 12.2. The van der Waals surface area contributed by atoms with Crippen LogP contribution in [0.5, 0.6) is 0 Å². The van der Waals surface area contributed by atoms with Crippen LogP contribution in [0.2, 0.25) is 0 Å². The second kappa shape index (κ2) is 7.87. The summed E-state index contributed by atoms with van der Waals surface area (Å²) in [4.78, 5) is 4.76. The van der Waals surface area contributed by atoms with Crippen LogP contribution in [0.4, 0.5) is 0 Å². The lowest BCUT2D eigenvalue weighted by Crippen LogP contribution is -2.26. The Kier molecular flexibility index (Phi) is 6.82. The third kappa shape index (κ3) is 5.04. The van der Waals surface area contributed by atoms with Gasteiger partial charge in [0.2, 0.25) is 0 Å². The molecule has 1 heterocycles. The number of nitrogens with zero attached hydrogens (tertiary/aromatic N) is 1. The molecular formula is C14H26N2OS. The molecule has 18 heavy (non-hydrogen) atoms. The molecule has 1 atom stereocenters. The number of methoxy groups -OCH3 is 1. The maximum Gasteiger partial charge on any atom is 0.110 e. The molecule has 1 aromatic rings. The van der Waals surface area contributed by atoms with Crippen molar-refractivity contribution < 1.29 is 4.74 Å². The van der Waals surface area contributed by atoms with Gasteiger partial charge in [0.15, 0.2) is 0 Å². The van der Waals surface area contributed by atoms with Gasteiger partial charge in [-0.1, -0.05) is 27.7 Å². The fraction of sp³-hybridized carbons (Fsp3) is 0.786. The molecule has 0 bridgehead atoms. The van der Waals surface area contributed by atoms with Crippen molar-refractivity contribution in [3.8, 4) is 0 Å². The van der Waals surface area contributed by atoms with Crippen LogP contribution in [0.1, 0.15) is 56.8 Å². The van der Waals surface area contributed by atoms with Crippen molar-refractivity contribution in [1.82, 2.24) is 10.3 Å². The van der Waals surface area contributed by atoms with Crippen LogP contribution in [0.3, 0.4) is 0 Å². The molecule has 1 rings (SSSR count). The minimum atomic E-state index is 0.359. The lowest BCUT2D eigenvalue weighted by Gasteiger charge is -2.18. The summed E-state index contributed by atoms with van der Waals surface area (Å²) in [6.45, 7) is 10.5. The van der Waals surface area contributed by atoms with Crippen LogP contribution >= 0.6 is 11.3 Å². The van der Waals surface area contributed by atoms with Gasteiger partial charge in [0.1, 0.15) is 5.01 Å². The molecule has 1 N–H and O–H groups in total. The summed E-state index contributed by atoms with van der Waals surface area (Å²) in [6, 6.07) is 0.359. The third-order valence-corrected chi connectivity index (χ3v) is 3.81. The van der Waals surface area contributed by atoms with Gasteiger partial charge in [-0.2, -0.15) is 0 Å². The Hall–Kier alpha value is -0.450. The topological polar surface area (TPSA) is 34.1 Å². The third-order valence-electron chi connectivity index (χ3n) is 2.83. The van der Waals surface area contributed by atoms with E-state index in [9.17, 15) is 0 Å².